The molecule has 0 spiro atoms. The molecule has 3 rings (SSSR count). The minimum absolute atomic E-state index is 0.0536. The molecule has 0 fully saturated rings. The molecular formula is C14H14ClN5. The Bertz CT molecular complexity index is 752. The molecule has 1 atom stereocenters. The van der Waals surface area contributed by atoms with Crippen LogP contribution >= 0.6 is 11.6 Å². The molecule has 0 saturated carbocycles. The molecule has 0 bridgehead atoms. The van der Waals surface area contributed by atoms with Gasteiger partial charge in [0.15, 0.2) is 0 Å². The summed E-state index contributed by atoms with van der Waals surface area (Å²) >= 11 is 6.23. The smallest absolute Gasteiger partial charge is 0.254 e. The van der Waals surface area contributed by atoms with Crippen LogP contribution in [0.25, 0.3) is 5.78 Å². The first-order chi connectivity index (χ1) is 9.65. The fourth-order valence-electron chi connectivity index (χ4n) is 2.16. The van der Waals surface area contributed by atoms with Gasteiger partial charge in [-0.05, 0) is 25.5 Å². The van der Waals surface area contributed by atoms with Gasteiger partial charge >= 0.3 is 0 Å². The normalized spacial score (nSPS) is 12.6. The SMILES string of the molecule is Cc1cc(NC(C)c2ccccc2Cl)n2ncnc2n1. The molecule has 1 aromatic carbocycles. The molecule has 0 radical (unpaired) electrons. The lowest BCUT2D eigenvalue weighted by molar-refractivity contribution is 0.838. The van der Waals surface area contributed by atoms with Crippen LogP contribution in [-0.4, -0.2) is 19.6 Å². The summed E-state index contributed by atoms with van der Waals surface area (Å²) in [5.41, 5.74) is 1.93. The van der Waals surface area contributed by atoms with Gasteiger partial charge in [-0.25, -0.2) is 4.98 Å². The van der Waals surface area contributed by atoms with E-state index in [4.69, 9.17) is 11.6 Å². The summed E-state index contributed by atoms with van der Waals surface area (Å²) < 4.78 is 1.68. The maximum Gasteiger partial charge on any atom is 0.254 e. The molecule has 6 heteroatoms. The molecule has 0 aliphatic heterocycles. The zero-order valence-electron chi connectivity index (χ0n) is 11.2. The molecule has 3 aromatic rings. The molecule has 0 amide bonds. The van der Waals surface area contributed by atoms with E-state index in [1.165, 1.54) is 6.33 Å². The number of aromatic nitrogens is 4. The number of rotatable bonds is 3. The second kappa shape index (κ2) is 5.09. The highest BCUT2D eigenvalue weighted by molar-refractivity contribution is 6.31. The van der Waals surface area contributed by atoms with Crippen LogP contribution in [0.4, 0.5) is 5.82 Å². The predicted octanol–water partition coefficient (Wildman–Crippen LogP) is 3.26. The Morgan fingerprint density at radius 3 is 2.90 bits per heavy atom. The van der Waals surface area contributed by atoms with Crippen molar-refractivity contribution in [2.75, 3.05) is 5.32 Å². The quantitative estimate of drug-likeness (QED) is 0.803. The topological polar surface area (TPSA) is 55.1 Å². The maximum absolute atomic E-state index is 6.23. The Morgan fingerprint density at radius 2 is 2.10 bits per heavy atom. The second-order valence-corrected chi connectivity index (χ2v) is 5.05. The summed E-state index contributed by atoms with van der Waals surface area (Å²) in [6, 6.07) is 9.78. The van der Waals surface area contributed by atoms with Crippen LogP contribution in [0.2, 0.25) is 5.02 Å². The number of benzene rings is 1. The molecule has 0 aliphatic carbocycles. The Labute approximate surface area is 121 Å². The van der Waals surface area contributed by atoms with E-state index in [-0.39, 0.29) is 6.04 Å². The third-order valence-corrected chi connectivity index (χ3v) is 3.46. The van der Waals surface area contributed by atoms with E-state index in [2.05, 4.69) is 27.3 Å². The van der Waals surface area contributed by atoms with Crippen molar-refractivity contribution in [1.82, 2.24) is 19.6 Å². The van der Waals surface area contributed by atoms with E-state index in [0.717, 1.165) is 22.1 Å². The molecule has 1 unspecified atom stereocenters. The summed E-state index contributed by atoms with van der Waals surface area (Å²) in [5, 5.41) is 8.33. The number of anilines is 1. The van der Waals surface area contributed by atoms with Gasteiger partial charge in [-0.15, -0.1) is 0 Å². The molecular weight excluding hydrogens is 274 g/mol. The zero-order valence-corrected chi connectivity index (χ0v) is 12.0. The molecule has 2 heterocycles. The number of nitrogens with one attached hydrogen (secondary N) is 1. The van der Waals surface area contributed by atoms with Crippen molar-refractivity contribution < 1.29 is 0 Å². The first-order valence-electron chi connectivity index (χ1n) is 6.33. The average Bonchev–Trinajstić information content (AvgIpc) is 2.87. The van der Waals surface area contributed by atoms with Crippen molar-refractivity contribution in [2.45, 2.75) is 19.9 Å². The third-order valence-electron chi connectivity index (χ3n) is 3.12. The van der Waals surface area contributed by atoms with Crippen LogP contribution in [0.3, 0.4) is 0 Å². The summed E-state index contributed by atoms with van der Waals surface area (Å²) in [5.74, 6) is 1.43. The van der Waals surface area contributed by atoms with Gasteiger partial charge in [0.1, 0.15) is 12.1 Å². The number of aryl methyl sites for hydroxylation is 1. The van der Waals surface area contributed by atoms with Gasteiger partial charge in [0.05, 0.1) is 6.04 Å². The number of hydrogen-bond donors (Lipinski definition) is 1. The minimum atomic E-state index is 0.0536. The van der Waals surface area contributed by atoms with Crippen LogP contribution in [0.5, 0.6) is 0 Å². The van der Waals surface area contributed by atoms with Crippen LogP contribution in [0.15, 0.2) is 36.7 Å². The number of nitrogens with zero attached hydrogens (tertiary/aromatic N) is 4. The molecule has 5 nitrogen and oxygen atoms in total. The monoisotopic (exact) mass is 287 g/mol. The van der Waals surface area contributed by atoms with Gasteiger partial charge in [0.25, 0.3) is 5.78 Å². The predicted molar refractivity (Wildman–Crippen MR) is 79.0 cm³/mol. The fourth-order valence-corrected chi connectivity index (χ4v) is 2.46. The number of hydrogen-bond acceptors (Lipinski definition) is 4. The van der Waals surface area contributed by atoms with Crippen LogP contribution in [0, 0.1) is 6.92 Å². The van der Waals surface area contributed by atoms with Crippen molar-refractivity contribution in [2.24, 2.45) is 0 Å². The van der Waals surface area contributed by atoms with E-state index in [9.17, 15) is 0 Å². The molecule has 0 aliphatic rings. The van der Waals surface area contributed by atoms with Gasteiger partial charge in [-0.3, -0.25) is 0 Å². The van der Waals surface area contributed by atoms with Crippen molar-refractivity contribution >= 4 is 23.2 Å². The summed E-state index contributed by atoms with van der Waals surface area (Å²) in [7, 11) is 0. The maximum atomic E-state index is 6.23. The molecule has 0 saturated heterocycles. The van der Waals surface area contributed by atoms with Gasteiger partial charge in [0, 0.05) is 16.8 Å². The molecule has 20 heavy (non-hydrogen) atoms. The third kappa shape index (κ3) is 2.32. The van der Waals surface area contributed by atoms with Crippen LogP contribution < -0.4 is 5.32 Å². The van der Waals surface area contributed by atoms with E-state index >= 15 is 0 Å². The van der Waals surface area contributed by atoms with Crippen molar-refractivity contribution in [3.05, 3.63) is 52.9 Å². The molecule has 2 aromatic heterocycles. The Morgan fingerprint density at radius 1 is 1.30 bits per heavy atom. The average molecular weight is 288 g/mol. The minimum Gasteiger partial charge on any atom is -0.363 e. The molecule has 1 N–H and O–H groups in total. The Kier molecular flexibility index (Phi) is 3.28. The fraction of sp³-hybridized carbons (Fsp3) is 0.214. The highest BCUT2D eigenvalue weighted by atomic mass is 35.5. The Hall–Kier alpha value is -2.14. The highest BCUT2D eigenvalue weighted by Gasteiger charge is 2.12. The van der Waals surface area contributed by atoms with Crippen LogP contribution in [0.1, 0.15) is 24.2 Å². The summed E-state index contributed by atoms with van der Waals surface area (Å²) in [6.07, 6.45) is 1.49. The van der Waals surface area contributed by atoms with Crippen molar-refractivity contribution in [3.63, 3.8) is 0 Å². The highest BCUT2D eigenvalue weighted by Crippen LogP contribution is 2.25. The first kappa shape index (κ1) is 12.9. The second-order valence-electron chi connectivity index (χ2n) is 4.64. The van der Waals surface area contributed by atoms with E-state index in [1.807, 2.05) is 37.3 Å². The van der Waals surface area contributed by atoms with Gasteiger partial charge in [0.2, 0.25) is 0 Å². The standard InChI is InChI=1S/C14H14ClN5/c1-9-7-13(20-14(18-9)16-8-17-20)19-10(2)11-5-3-4-6-12(11)15/h3-8,10,19H,1-2H3. The lowest BCUT2D eigenvalue weighted by atomic mass is 10.1. The lowest BCUT2D eigenvalue weighted by Gasteiger charge is -2.17. The van der Waals surface area contributed by atoms with Crippen LogP contribution in [-0.2, 0) is 0 Å². The van der Waals surface area contributed by atoms with E-state index < -0.39 is 0 Å². The van der Waals surface area contributed by atoms with E-state index in [0.29, 0.717) is 5.78 Å². The van der Waals surface area contributed by atoms with Gasteiger partial charge in [-0.2, -0.15) is 14.6 Å². The lowest BCUT2D eigenvalue weighted by Crippen LogP contribution is -2.11. The molecule has 102 valence electrons. The Balaban J connectivity index is 1.97. The summed E-state index contributed by atoms with van der Waals surface area (Å²) in [6.45, 7) is 3.99. The van der Waals surface area contributed by atoms with E-state index in [1.54, 1.807) is 4.52 Å². The van der Waals surface area contributed by atoms with Crippen molar-refractivity contribution in [3.8, 4) is 0 Å². The number of halogens is 1. The van der Waals surface area contributed by atoms with Crippen molar-refractivity contribution in [1.29, 1.82) is 0 Å². The summed E-state index contributed by atoms with van der Waals surface area (Å²) in [4.78, 5) is 8.43. The van der Waals surface area contributed by atoms with Gasteiger partial charge in [-0.1, -0.05) is 29.8 Å². The largest absolute Gasteiger partial charge is 0.363 e. The zero-order chi connectivity index (χ0) is 14.1. The first-order valence-corrected chi connectivity index (χ1v) is 6.71. The van der Waals surface area contributed by atoms with Gasteiger partial charge < -0.3 is 5.32 Å². The number of fused-ring (bicyclic) bond motifs is 1.